The maximum absolute atomic E-state index is 13.9. The van der Waals surface area contributed by atoms with Crippen molar-refractivity contribution in [3.8, 4) is 28.5 Å². The van der Waals surface area contributed by atoms with Gasteiger partial charge in [-0.05, 0) is 42.0 Å². The molecule has 3 aromatic carbocycles. The van der Waals surface area contributed by atoms with Crippen molar-refractivity contribution < 1.29 is 12.8 Å². The van der Waals surface area contributed by atoms with Crippen molar-refractivity contribution in [3.05, 3.63) is 103 Å². The monoisotopic (exact) mass is 498 g/mol. The van der Waals surface area contributed by atoms with Crippen LogP contribution in [-0.4, -0.2) is 28.2 Å². The molecule has 0 spiro atoms. The number of fused-ring (bicyclic) bond motifs is 5. The van der Waals surface area contributed by atoms with Crippen molar-refractivity contribution in [2.75, 3.05) is 5.32 Å². The van der Waals surface area contributed by atoms with E-state index in [1.54, 1.807) is 18.3 Å². The van der Waals surface area contributed by atoms with Gasteiger partial charge < -0.3 is 5.32 Å². The smallest absolute Gasteiger partial charge is 0.243 e. The molecule has 0 bridgehead atoms. The van der Waals surface area contributed by atoms with Crippen LogP contribution in [0, 0.1) is 5.82 Å². The van der Waals surface area contributed by atoms with Gasteiger partial charge in [-0.15, -0.1) is 10.2 Å². The summed E-state index contributed by atoms with van der Waals surface area (Å²) in [5.41, 5.74) is 4.10. The molecule has 8 nitrogen and oxygen atoms in total. The predicted molar refractivity (Wildman–Crippen MR) is 134 cm³/mol. The first-order chi connectivity index (χ1) is 17.5. The number of halogens is 1. The lowest BCUT2D eigenvalue weighted by molar-refractivity contribution is 0.557. The third kappa shape index (κ3) is 3.82. The standard InChI is InChI=1S/C26H19FN6O2S/c27-20-7-2-4-10-23(20)36(34,35)29-16-17-11-13-18(14-12-17)25-31-32-26-19-6-1-3-8-21(19)30-24-22(33(25)26)9-5-15-28-24/h1-15,29H,16H2,(H,28,30). The molecule has 3 heterocycles. The van der Waals surface area contributed by atoms with E-state index in [0.717, 1.165) is 28.6 Å². The van der Waals surface area contributed by atoms with Crippen molar-refractivity contribution in [2.24, 2.45) is 0 Å². The highest BCUT2D eigenvalue weighted by molar-refractivity contribution is 7.89. The molecule has 0 radical (unpaired) electrons. The predicted octanol–water partition coefficient (Wildman–Crippen LogP) is 4.67. The van der Waals surface area contributed by atoms with Gasteiger partial charge in [0.05, 0.1) is 11.4 Å². The first kappa shape index (κ1) is 22.1. The lowest BCUT2D eigenvalue weighted by Crippen LogP contribution is -2.24. The Morgan fingerprint density at radius 1 is 0.861 bits per heavy atom. The van der Waals surface area contributed by atoms with Gasteiger partial charge in [-0.25, -0.2) is 22.5 Å². The number of rotatable bonds is 5. The van der Waals surface area contributed by atoms with E-state index in [-0.39, 0.29) is 11.4 Å². The van der Waals surface area contributed by atoms with Crippen molar-refractivity contribution in [1.29, 1.82) is 0 Å². The minimum absolute atomic E-state index is 0.0128. The number of benzene rings is 3. The number of sulfonamides is 1. The minimum Gasteiger partial charge on any atom is -0.338 e. The van der Waals surface area contributed by atoms with E-state index in [1.807, 2.05) is 53.1 Å². The topological polar surface area (TPSA) is 102 Å². The molecule has 0 fully saturated rings. The summed E-state index contributed by atoms with van der Waals surface area (Å²) in [5, 5.41) is 12.3. The number of hydrogen-bond donors (Lipinski definition) is 2. The molecule has 1 aliphatic rings. The van der Waals surface area contributed by atoms with Crippen LogP contribution in [0.15, 0.2) is 96.0 Å². The number of hydrogen-bond acceptors (Lipinski definition) is 6. The molecule has 0 saturated carbocycles. The molecule has 0 amide bonds. The summed E-state index contributed by atoms with van der Waals surface area (Å²) in [6, 6.07) is 24.2. The van der Waals surface area contributed by atoms with E-state index >= 15 is 0 Å². The number of pyridine rings is 1. The molecule has 0 atom stereocenters. The summed E-state index contributed by atoms with van der Waals surface area (Å²) < 4.78 is 43.4. The quantitative estimate of drug-likeness (QED) is 0.358. The maximum Gasteiger partial charge on any atom is 0.243 e. The first-order valence-electron chi connectivity index (χ1n) is 11.1. The van der Waals surface area contributed by atoms with Crippen molar-refractivity contribution >= 4 is 21.5 Å². The second-order valence-electron chi connectivity index (χ2n) is 8.18. The van der Waals surface area contributed by atoms with Crippen molar-refractivity contribution in [1.82, 2.24) is 24.5 Å². The fourth-order valence-electron chi connectivity index (χ4n) is 4.15. The van der Waals surface area contributed by atoms with E-state index in [9.17, 15) is 12.8 Å². The summed E-state index contributed by atoms with van der Waals surface area (Å²) in [6.45, 7) is 0.0128. The van der Waals surface area contributed by atoms with E-state index in [1.165, 1.54) is 18.2 Å². The Kier molecular flexibility index (Phi) is 5.32. The van der Waals surface area contributed by atoms with E-state index in [0.29, 0.717) is 23.0 Å². The number of para-hydroxylation sites is 1. The molecule has 6 rings (SSSR count). The van der Waals surface area contributed by atoms with Gasteiger partial charge >= 0.3 is 0 Å². The van der Waals surface area contributed by atoms with Gasteiger partial charge in [-0.2, -0.15) is 0 Å². The SMILES string of the molecule is O=S(=O)(NCc1ccc(-c2nnc3n2-c2cccnc2Nc2ccccc2-3)cc1)c1ccccc1F. The van der Waals surface area contributed by atoms with Gasteiger partial charge in [0.1, 0.15) is 10.7 Å². The molecular weight excluding hydrogens is 479 g/mol. The van der Waals surface area contributed by atoms with Crippen LogP contribution in [0.4, 0.5) is 15.9 Å². The lowest BCUT2D eigenvalue weighted by Gasteiger charge is -2.11. The zero-order chi connectivity index (χ0) is 24.7. The average molecular weight is 499 g/mol. The van der Waals surface area contributed by atoms with Crippen LogP contribution in [0.2, 0.25) is 0 Å². The highest BCUT2D eigenvalue weighted by Gasteiger charge is 2.25. The molecule has 5 aromatic rings. The van der Waals surface area contributed by atoms with Crippen LogP contribution >= 0.6 is 0 Å². The van der Waals surface area contributed by atoms with Crippen LogP contribution < -0.4 is 10.0 Å². The Morgan fingerprint density at radius 3 is 2.44 bits per heavy atom. The Labute approximate surface area is 206 Å². The van der Waals surface area contributed by atoms with Crippen LogP contribution in [0.3, 0.4) is 0 Å². The third-order valence-electron chi connectivity index (χ3n) is 5.92. The highest BCUT2D eigenvalue weighted by atomic mass is 32.2. The Hall–Kier alpha value is -4.41. The van der Waals surface area contributed by atoms with Crippen molar-refractivity contribution in [2.45, 2.75) is 11.4 Å². The zero-order valence-electron chi connectivity index (χ0n) is 18.8. The number of nitrogens with zero attached hydrogens (tertiary/aromatic N) is 4. The molecular formula is C26H19FN6O2S. The summed E-state index contributed by atoms with van der Waals surface area (Å²) in [6.07, 6.45) is 1.72. The zero-order valence-corrected chi connectivity index (χ0v) is 19.6. The van der Waals surface area contributed by atoms with E-state index < -0.39 is 15.8 Å². The van der Waals surface area contributed by atoms with Gasteiger partial charge in [-0.3, -0.25) is 4.57 Å². The average Bonchev–Trinajstić information content (AvgIpc) is 3.28. The number of nitrogens with one attached hydrogen (secondary N) is 2. The normalized spacial score (nSPS) is 12.1. The van der Waals surface area contributed by atoms with E-state index in [2.05, 4.69) is 25.2 Å². The molecule has 10 heteroatoms. The summed E-state index contributed by atoms with van der Waals surface area (Å²) >= 11 is 0. The van der Waals surface area contributed by atoms with E-state index in [4.69, 9.17) is 0 Å². The van der Waals surface area contributed by atoms with Gasteiger partial charge in [-0.1, -0.05) is 48.5 Å². The molecule has 2 aromatic heterocycles. The summed E-state index contributed by atoms with van der Waals surface area (Å²) in [5.74, 6) is 1.19. The molecule has 178 valence electrons. The minimum atomic E-state index is -3.99. The molecule has 0 aliphatic carbocycles. The van der Waals surface area contributed by atoms with Crippen molar-refractivity contribution in [3.63, 3.8) is 0 Å². The maximum atomic E-state index is 13.9. The molecule has 0 saturated heterocycles. The molecule has 1 aliphatic heterocycles. The van der Waals surface area contributed by atoms with Gasteiger partial charge in [0.25, 0.3) is 0 Å². The highest BCUT2D eigenvalue weighted by Crippen LogP contribution is 2.38. The second-order valence-corrected chi connectivity index (χ2v) is 9.91. The van der Waals surface area contributed by atoms with Gasteiger partial charge in [0, 0.05) is 23.9 Å². The summed E-state index contributed by atoms with van der Waals surface area (Å²) in [4.78, 5) is 4.12. The van der Waals surface area contributed by atoms with Crippen LogP contribution in [0.25, 0.3) is 28.5 Å². The van der Waals surface area contributed by atoms with Gasteiger partial charge in [0.2, 0.25) is 10.0 Å². The Balaban J connectivity index is 1.33. The number of anilines is 2. The Bertz CT molecular complexity index is 1700. The number of aromatic nitrogens is 4. The Morgan fingerprint density at radius 2 is 1.61 bits per heavy atom. The van der Waals surface area contributed by atoms with Gasteiger partial charge in [0.15, 0.2) is 17.5 Å². The molecule has 36 heavy (non-hydrogen) atoms. The molecule has 2 N–H and O–H groups in total. The fourth-order valence-corrected chi connectivity index (χ4v) is 5.25. The first-order valence-corrected chi connectivity index (χ1v) is 12.6. The van der Waals surface area contributed by atoms with Crippen LogP contribution in [0.1, 0.15) is 5.56 Å². The lowest BCUT2D eigenvalue weighted by atomic mass is 10.1. The fraction of sp³-hybridized carbons (Fsp3) is 0.0385. The third-order valence-corrected chi connectivity index (χ3v) is 7.35. The molecule has 0 unspecified atom stereocenters. The second kappa shape index (κ2) is 8.67. The summed E-state index contributed by atoms with van der Waals surface area (Å²) in [7, 11) is -3.99. The largest absolute Gasteiger partial charge is 0.338 e. The van der Waals surface area contributed by atoms with Crippen LogP contribution in [0.5, 0.6) is 0 Å². The van der Waals surface area contributed by atoms with Crippen LogP contribution in [-0.2, 0) is 16.6 Å².